The first-order valence-electron chi connectivity index (χ1n) is 5.14. The average Bonchev–Trinajstić information content (AvgIpc) is 2.15. The summed E-state index contributed by atoms with van der Waals surface area (Å²) in [6.07, 6.45) is 1.16. The standard InChI is InChI=1S/C12H18FNO/c1-9(15)4-5-10-6-7-11(13)8-12(10)14(2)3/h6-9,15H,4-5H2,1-3H3/t9-/m1/s1. The van der Waals surface area contributed by atoms with Crippen LogP contribution < -0.4 is 4.90 Å². The summed E-state index contributed by atoms with van der Waals surface area (Å²) >= 11 is 0. The van der Waals surface area contributed by atoms with Crippen molar-refractivity contribution in [2.24, 2.45) is 0 Å². The molecule has 3 heteroatoms. The Labute approximate surface area is 90.3 Å². The van der Waals surface area contributed by atoms with E-state index in [0.717, 1.165) is 17.7 Å². The molecule has 0 unspecified atom stereocenters. The van der Waals surface area contributed by atoms with Gasteiger partial charge in [0, 0.05) is 19.8 Å². The summed E-state index contributed by atoms with van der Waals surface area (Å²) in [6.45, 7) is 1.76. The minimum atomic E-state index is -0.315. The summed E-state index contributed by atoms with van der Waals surface area (Å²) in [5.41, 5.74) is 1.96. The lowest BCUT2D eigenvalue weighted by molar-refractivity contribution is 0.185. The highest BCUT2D eigenvalue weighted by molar-refractivity contribution is 5.52. The monoisotopic (exact) mass is 211 g/mol. The number of benzene rings is 1. The molecule has 1 rings (SSSR count). The molecule has 0 fully saturated rings. The second-order valence-electron chi connectivity index (χ2n) is 4.06. The first kappa shape index (κ1) is 12.0. The van der Waals surface area contributed by atoms with E-state index in [2.05, 4.69) is 0 Å². The summed E-state index contributed by atoms with van der Waals surface area (Å²) in [4.78, 5) is 1.89. The fraction of sp³-hybridized carbons (Fsp3) is 0.500. The van der Waals surface area contributed by atoms with Gasteiger partial charge in [0.15, 0.2) is 0 Å². The van der Waals surface area contributed by atoms with Crippen molar-refractivity contribution < 1.29 is 9.50 Å². The van der Waals surface area contributed by atoms with E-state index >= 15 is 0 Å². The smallest absolute Gasteiger partial charge is 0.125 e. The van der Waals surface area contributed by atoms with Crippen LogP contribution in [-0.2, 0) is 6.42 Å². The van der Waals surface area contributed by atoms with Crippen LogP contribution in [0.2, 0.25) is 0 Å². The highest BCUT2D eigenvalue weighted by atomic mass is 19.1. The molecule has 84 valence electrons. The molecule has 1 aromatic carbocycles. The maximum Gasteiger partial charge on any atom is 0.125 e. The van der Waals surface area contributed by atoms with Gasteiger partial charge in [-0.2, -0.15) is 0 Å². The van der Waals surface area contributed by atoms with Gasteiger partial charge in [0.1, 0.15) is 5.82 Å². The molecule has 1 atom stereocenters. The van der Waals surface area contributed by atoms with Crippen molar-refractivity contribution in [3.8, 4) is 0 Å². The first-order chi connectivity index (χ1) is 7.00. The Morgan fingerprint density at radius 2 is 2.07 bits per heavy atom. The van der Waals surface area contributed by atoms with Crippen molar-refractivity contribution in [2.75, 3.05) is 19.0 Å². The molecule has 0 aliphatic rings. The molecule has 1 aromatic rings. The Hall–Kier alpha value is -1.09. The molecule has 0 aliphatic carbocycles. The third-order valence-corrected chi connectivity index (χ3v) is 2.36. The minimum absolute atomic E-state index is 0.223. The molecule has 1 N–H and O–H groups in total. The highest BCUT2D eigenvalue weighted by Gasteiger charge is 2.07. The Morgan fingerprint density at radius 1 is 1.40 bits per heavy atom. The van der Waals surface area contributed by atoms with Crippen LogP contribution in [0.4, 0.5) is 10.1 Å². The second kappa shape index (κ2) is 5.12. The van der Waals surface area contributed by atoms with E-state index in [1.807, 2.05) is 19.0 Å². The SMILES string of the molecule is C[C@@H](O)CCc1ccc(F)cc1N(C)C. The van der Waals surface area contributed by atoms with Crippen molar-refractivity contribution in [3.05, 3.63) is 29.6 Å². The number of hydrogen-bond acceptors (Lipinski definition) is 2. The normalized spacial score (nSPS) is 12.6. The molecular weight excluding hydrogens is 193 g/mol. The predicted octanol–water partition coefficient (Wildman–Crippen LogP) is 2.21. The van der Waals surface area contributed by atoms with Crippen molar-refractivity contribution >= 4 is 5.69 Å². The van der Waals surface area contributed by atoms with Gasteiger partial charge in [-0.25, -0.2) is 4.39 Å². The topological polar surface area (TPSA) is 23.5 Å². The Balaban J connectivity index is 2.86. The van der Waals surface area contributed by atoms with E-state index in [4.69, 9.17) is 0 Å². The number of aliphatic hydroxyl groups is 1. The minimum Gasteiger partial charge on any atom is -0.393 e. The maximum atomic E-state index is 13.0. The number of aliphatic hydroxyl groups excluding tert-OH is 1. The molecule has 0 saturated heterocycles. The lowest BCUT2D eigenvalue weighted by atomic mass is 10.0. The van der Waals surface area contributed by atoms with Gasteiger partial charge in [-0.1, -0.05) is 6.07 Å². The lowest BCUT2D eigenvalue weighted by Gasteiger charge is -2.18. The molecule has 15 heavy (non-hydrogen) atoms. The largest absolute Gasteiger partial charge is 0.393 e. The van der Waals surface area contributed by atoms with Gasteiger partial charge >= 0.3 is 0 Å². The van der Waals surface area contributed by atoms with Gasteiger partial charge in [0.25, 0.3) is 0 Å². The Kier molecular flexibility index (Phi) is 4.09. The van der Waals surface area contributed by atoms with Gasteiger partial charge in [0.2, 0.25) is 0 Å². The van der Waals surface area contributed by atoms with Crippen molar-refractivity contribution in [1.82, 2.24) is 0 Å². The highest BCUT2D eigenvalue weighted by Crippen LogP contribution is 2.21. The summed E-state index contributed by atoms with van der Waals surface area (Å²) in [6, 6.07) is 4.77. The second-order valence-corrected chi connectivity index (χ2v) is 4.06. The van der Waals surface area contributed by atoms with E-state index in [0.29, 0.717) is 6.42 Å². The molecule has 0 radical (unpaired) electrons. The van der Waals surface area contributed by atoms with E-state index in [-0.39, 0.29) is 11.9 Å². The van der Waals surface area contributed by atoms with Crippen LogP contribution in [0.3, 0.4) is 0 Å². The fourth-order valence-electron chi connectivity index (χ4n) is 1.53. The summed E-state index contributed by atoms with van der Waals surface area (Å²) in [5.74, 6) is -0.223. The molecule has 0 saturated carbocycles. The van der Waals surface area contributed by atoms with Crippen molar-refractivity contribution in [2.45, 2.75) is 25.9 Å². The van der Waals surface area contributed by atoms with Crippen molar-refractivity contribution in [3.63, 3.8) is 0 Å². The van der Waals surface area contributed by atoms with Gasteiger partial charge in [-0.05, 0) is 37.5 Å². The summed E-state index contributed by atoms with van der Waals surface area (Å²) in [5, 5.41) is 9.21. The molecule has 0 bridgehead atoms. The first-order valence-corrected chi connectivity index (χ1v) is 5.14. The maximum absolute atomic E-state index is 13.0. The zero-order valence-corrected chi connectivity index (χ0v) is 9.50. The van der Waals surface area contributed by atoms with Gasteiger partial charge in [-0.3, -0.25) is 0 Å². The molecule has 0 spiro atoms. The number of nitrogens with zero attached hydrogens (tertiary/aromatic N) is 1. The third kappa shape index (κ3) is 3.51. The third-order valence-electron chi connectivity index (χ3n) is 2.36. The van der Waals surface area contributed by atoms with E-state index in [1.54, 1.807) is 13.0 Å². The molecule has 0 aromatic heterocycles. The molecular formula is C12H18FNO. The Morgan fingerprint density at radius 3 is 2.60 bits per heavy atom. The van der Waals surface area contributed by atoms with Crippen LogP contribution in [0.5, 0.6) is 0 Å². The molecule has 0 heterocycles. The zero-order valence-electron chi connectivity index (χ0n) is 9.50. The van der Waals surface area contributed by atoms with E-state index in [9.17, 15) is 9.50 Å². The van der Waals surface area contributed by atoms with Gasteiger partial charge < -0.3 is 10.0 Å². The van der Waals surface area contributed by atoms with Crippen LogP contribution in [0.15, 0.2) is 18.2 Å². The lowest BCUT2D eigenvalue weighted by Crippen LogP contribution is -2.12. The number of anilines is 1. The van der Waals surface area contributed by atoms with Crippen LogP contribution in [-0.4, -0.2) is 25.3 Å². The van der Waals surface area contributed by atoms with E-state index < -0.39 is 0 Å². The quantitative estimate of drug-likeness (QED) is 0.825. The summed E-state index contributed by atoms with van der Waals surface area (Å²) in [7, 11) is 3.78. The number of aryl methyl sites for hydroxylation is 1. The number of rotatable bonds is 4. The number of hydrogen-bond donors (Lipinski definition) is 1. The molecule has 0 aliphatic heterocycles. The predicted molar refractivity (Wildman–Crippen MR) is 60.7 cm³/mol. The average molecular weight is 211 g/mol. The van der Waals surface area contributed by atoms with Gasteiger partial charge in [-0.15, -0.1) is 0 Å². The molecule has 0 amide bonds. The Bertz CT molecular complexity index is 323. The summed E-state index contributed by atoms with van der Waals surface area (Å²) < 4.78 is 13.0. The number of halogens is 1. The van der Waals surface area contributed by atoms with Gasteiger partial charge in [0.05, 0.1) is 6.10 Å². The van der Waals surface area contributed by atoms with Crippen LogP contribution in [0, 0.1) is 5.82 Å². The molecule has 2 nitrogen and oxygen atoms in total. The van der Waals surface area contributed by atoms with E-state index in [1.165, 1.54) is 12.1 Å². The van der Waals surface area contributed by atoms with Crippen LogP contribution >= 0.6 is 0 Å². The van der Waals surface area contributed by atoms with Crippen molar-refractivity contribution in [1.29, 1.82) is 0 Å². The zero-order chi connectivity index (χ0) is 11.4. The fourth-order valence-corrected chi connectivity index (χ4v) is 1.53. The van der Waals surface area contributed by atoms with Crippen LogP contribution in [0.1, 0.15) is 18.9 Å². The van der Waals surface area contributed by atoms with Crippen LogP contribution in [0.25, 0.3) is 0 Å².